The Balaban J connectivity index is 1.64. The maximum absolute atomic E-state index is 13.3. The van der Waals surface area contributed by atoms with Crippen molar-refractivity contribution >= 4 is 5.91 Å². The summed E-state index contributed by atoms with van der Waals surface area (Å²) < 4.78 is 22.8. The molecule has 12 atom stereocenters. The van der Waals surface area contributed by atoms with E-state index in [1.807, 2.05) is 6.08 Å². The minimum Gasteiger partial charge on any atom is -0.394 e. The van der Waals surface area contributed by atoms with Crippen LogP contribution in [0.1, 0.15) is 245 Å². The van der Waals surface area contributed by atoms with Gasteiger partial charge >= 0.3 is 0 Å². The third-order valence-corrected chi connectivity index (χ3v) is 15.8. The van der Waals surface area contributed by atoms with Gasteiger partial charge in [0.25, 0.3) is 0 Å². The van der Waals surface area contributed by atoms with E-state index in [9.17, 15) is 45.6 Å². The molecule has 0 radical (unpaired) electrons. The molecule has 2 fully saturated rings. The molecule has 1 amide bonds. The molecular formula is C70H121NO13. The van der Waals surface area contributed by atoms with Crippen molar-refractivity contribution in [3.63, 3.8) is 0 Å². The minimum atomic E-state index is -1.79. The first-order valence-corrected chi connectivity index (χ1v) is 33.5. The molecule has 84 heavy (non-hydrogen) atoms. The topological polar surface area (TPSA) is 228 Å². The highest BCUT2D eigenvalue weighted by atomic mass is 16.7. The predicted molar refractivity (Wildman–Crippen MR) is 341 cm³/mol. The van der Waals surface area contributed by atoms with Crippen molar-refractivity contribution in [3.8, 4) is 0 Å². The summed E-state index contributed by atoms with van der Waals surface area (Å²) in [7, 11) is 0. The van der Waals surface area contributed by atoms with Gasteiger partial charge in [0, 0.05) is 6.42 Å². The lowest BCUT2D eigenvalue weighted by atomic mass is 9.97. The van der Waals surface area contributed by atoms with Crippen LogP contribution in [0.2, 0.25) is 0 Å². The van der Waals surface area contributed by atoms with E-state index in [0.717, 1.165) is 70.6 Å². The number of hydrogen-bond acceptors (Lipinski definition) is 13. The van der Waals surface area contributed by atoms with Gasteiger partial charge in [0.1, 0.15) is 48.8 Å². The number of hydrogen-bond donors (Lipinski definition) is 9. The molecule has 14 heteroatoms. The Bertz CT molecular complexity index is 1780. The zero-order valence-electron chi connectivity index (χ0n) is 52.4. The zero-order valence-corrected chi connectivity index (χ0v) is 52.4. The molecule has 0 aromatic carbocycles. The minimum absolute atomic E-state index is 0.251. The Kier molecular flexibility index (Phi) is 49.6. The van der Waals surface area contributed by atoms with E-state index < -0.39 is 86.8 Å². The van der Waals surface area contributed by atoms with Gasteiger partial charge < -0.3 is 65.1 Å². The molecule has 2 saturated heterocycles. The maximum atomic E-state index is 13.3. The van der Waals surface area contributed by atoms with Gasteiger partial charge in [0.2, 0.25) is 5.91 Å². The van der Waals surface area contributed by atoms with Gasteiger partial charge in [-0.3, -0.25) is 4.79 Å². The van der Waals surface area contributed by atoms with Crippen LogP contribution in [-0.4, -0.2) is 140 Å². The highest BCUT2D eigenvalue weighted by molar-refractivity contribution is 5.76. The molecule has 2 rings (SSSR count). The van der Waals surface area contributed by atoms with Gasteiger partial charge in [-0.15, -0.1) is 0 Å². The Hall–Kier alpha value is -3.09. The van der Waals surface area contributed by atoms with Gasteiger partial charge in [-0.2, -0.15) is 0 Å². The van der Waals surface area contributed by atoms with Crippen molar-refractivity contribution in [2.45, 2.75) is 319 Å². The summed E-state index contributed by atoms with van der Waals surface area (Å²) in [6.07, 6.45) is 58.9. The lowest BCUT2D eigenvalue weighted by Gasteiger charge is -2.46. The number of aliphatic hydroxyl groups excluding tert-OH is 8. The Morgan fingerprint density at radius 1 is 0.440 bits per heavy atom. The van der Waals surface area contributed by atoms with E-state index >= 15 is 0 Å². The van der Waals surface area contributed by atoms with Gasteiger partial charge in [-0.05, 0) is 83.5 Å². The van der Waals surface area contributed by atoms with Crippen LogP contribution >= 0.6 is 0 Å². The molecule has 0 spiro atoms. The van der Waals surface area contributed by atoms with Crippen LogP contribution in [0.15, 0.2) is 97.2 Å². The number of carbonyl (C=O) groups is 1. The number of amides is 1. The van der Waals surface area contributed by atoms with Crippen LogP contribution in [0.4, 0.5) is 0 Å². The first-order chi connectivity index (χ1) is 41.1. The van der Waals surface area contributed by atoms with Gasteiger partial charge in [-0.25, -0.2) is 0 Å². The van der Waals surface area contributed by atoms with E-state index in [1.165, 1.54) is 141 Å². The summed E-state index contributed by atoms with van der Waals surface area (Å²) in [4.78, 5) is 13.3. The van der Waals surface area contributed by atoms with Gasteiger partial charge in [0.05, 0.1) is 32.0 Å². The smallest absolute Gasteiger partial charge is 0.220 e. The zero-order chi connectivity index (χ0) is 60.9. The van der Waals surface area contributed by atoms with Crippen molar-refractivity contribution < 1.29 is 64.6 Å². The molecule has 9 N–H and O–H groups in total. The van der Waals surface area contributed by atoms with Crippen molar-refractivity contribution in [2.75, 3.05) is 19.8 Å². The Labute approximate surface area is 509 Å². The molecular weight excluding hydrogens is 1060 g/mol. The predicted octanol–water partition coefficient (Wildman–Crippen LogP) is 13.0. The highest BCUT2D eigenvalue weighted by Crippen LogP contribution is 2.30. The summed E-state index contributed by atoms with van der Waals surface area (Å²) in [6, 6.07) is -0.935. The van der Waals surface area contributed by atoms with Crippen LogP contribution < -0.4 is 5.32 Å². The van der Waals surface area contributed by atoms with Crippen LogP contribution in [0.3, 0.4) is 0 Å². The summed E-state index contributed by atoms with van der Waals surface area (Å²) in [5.41, 5.74) is 0. The second kappa shape index (κ2) is 54.1. The molecule has 484 valence electrons. The number of rotatable bonds is 53. The standard InChI is InChI=1S/C70H121NO13/c1-3-5-7-9-11-13-15-17-19-20-21-22-23-24-25-26-27-28-29-30-31-32-33-34-35-36-37-38-40-42-44-46-48-50-52-54-62(75)71-58(59(74)53-51-49-47-45-43-41-39-18-16-14-12-10-8-6-4-2)57-81-69-67(80)65(78)68(61(56-73)83-69)84-70-66(79)64(77)63(76)60(55-72)82-70/h5,7,11,13,17,19,21-22,24-25,27-28,43,45,51,53,58-61,63-70,72-74,76-80H,3-4,6,8-10,12,14-16,18,20,23,26,29-42,44,46-50,52,54-57H2,1-2H3,(H,71,75)/b7-5-,13-11-,19-17-,22-21-,25-24-,28-27-,45-43+,53-51+. The lowest BCUT2D eigenvalue weighted by molar-refractivity contribution is -0.359. The number of allylic oxidation sites excluding steroid dienone is 15. The summed E-state index contributed by atoms with van der Waals surface area (Å²) in [5, 5.41) is 87.2. The first kappa shape index (κ1) is 77.0. The quantitative estimate of drug-likeness (QED) is 0.0204. The van der Waals surface area contributed by atoms with Crippen LogP contribution in [0.25, 0.3) is 0 Å². The van der Waals surface area contributed by atoms with E-state index in [0.29, 0.717) is 12.8 Å². The molecule has 2 aliphatic heterocycles. The van der Waals surface area contributed by atoms with Crippen molar-refractivity contribution in [1.29, 1.82) is 0 Å². The van der Waals surface area contributed by atoms with E-state index in [-0.39, 0.29) is 18.9 Å². The molecule has 12 unspecified atom stereocenters. The first-order valence-electron chi connectivity index (χ1n) is 33.5. The fourth-order valence-electron chi connectivity index (χ4n) is 10.4. The third-order valence-electron chi connectivity index (χ3n) is 15.8. The molecule has 0 aromatic heterocycles. The highest BCUT2D eigenvalue weighted by Gasteiger charge is 2.51. The SMILES string of the molecule is CC/C=C\C/C=C\C/C=C\C/C=C\C/C=C\C/C=C\CCCCCCCCCCCCCCCCCCC(=O)NC(COC1OC(CO)C(OC2OC(CO)C(O)C(O)C2O)C(O)C1O)C(O)/C=C/CC/C=C/CCCCCCCCCCC. The van der Waals surface area contributed by atoms with Gasteiger partial charge in [-0.1, -0.05) is 252 Å². The fourth-order valence-corrected chi connectivity index (χ4v) is 10.4. The Morgan fingerprint density at radius 2 is 0.833 bits per heavy atom. The lowest BCUT2D eigenvalue weighted by Crippen LogP contribution is -2.65. The molecule has 2 heterocycles. The summed E-state index contributed by atoms with van der Waals surface area (Å²) in [5.74, 6) is -0.251. The molecule has 2 aliphatic rings. The molecule has 0 bridgehead atoms. The van der Waals surface area contributed by atoms with Crippen LogP contribution in [-0.2, 0) is 23.7 Å². The number of aliphatic hydroxyl groups is 8. The van der Waals surface area contributed by atoms with Gasteiger partial charge in [0.15, 0.2) is 12.6 Å². The number of unbranched alkanes of at least 4 members (excludes halogenated alkanes) is 26. The molecule has 0 aromatic rings. The molecule has 0 aliphatic carbocycles. The monoisotopic (exact) mass is 1180 g/mol. The second-order valence-corrected chi connectivity index (χ2v) is 23.2. The van der Waals surface area contributed by atoms with Crippen molar-refractivity contribution in [2.24, 2.45) is 0 Å². The largest absolute Gasteiger partial charge is 0.394 e. The fraction of sp³-hybridized carbons (Fsp3) is 0.757. The number of ether oxygens (including phenoxy) is 4. The molecule has 14 nitrogen and oxygen atoms in total. The van der Waals surface area contributed by atoms with Crippen LogP contribution in [0, 0.1) is 0 Å². The molecule has 0 saturated carbocycles. The third kappa shape index (κ3) is 38.2. The normalized spacial score (nSPS) is 24.3. The van der Waals surface area contributed by atoms with E-state index in [1.54, 1.807) is 6.08 Å². The van der Waals surface area contributed by atoms with Crippen LogP contribution in [0.5, 0.6) is 0 Å². The average Bonchev–Trinajstić information content (AvgIpc) is 3.23. The Morgan fingerprint density at radius 3 is 1.31 bits per heavy atom. The maximum Gasteiger partial charge on any atom is 0.220 e. The van der Waals surface area contributed by atoms with Crippen molar-refractivity contribution in [3.05, 3.63) is 97.2 Å². The van der Waals surface area contributed by atoms with Crippen molar-refractivity contribution in [1.82, 2.24) is 5.32 Å². The second-order valence-electron chi connectivity index (χ2n) is 23.2. The number of carbonyl (C=O) groups excluding carboxylic acids is 1. The van der Waals surface area contributed by atoms with E-state index in [4.69, 9.17) is 18.9 Å². The van der Waals surface area contributed by atoms with E-state index in [2.05, 4.69) is 104 Å². The summed E-state index contributed by atoms with van der Waals surface area (Å²) >= 11 is 0. The summed E-state index contributed by atoms with van der Waals surface area (Å²) in [6.45, 7) is 2.66. The number of nitrogens with one attached hydrogen (secondary N) is 1. The average molecular weight is 1180 g/mol.